The monoisotopic (exact) mass is 277 g/mol. The summed E-state index contributed by atoms with van der Waals surface area (Å²) >= 11 is 0. The SMILES string of the molecule is CCNC(C)c1ccn(CC(=O)N2CCCCCC2)c1. The van der Waals surface area contributed by atoms with Crippen LogP contribution in [0.2, 0.25) is 0 Å². The molecule has 1 fully saturated rings. The Balaban J connectivity index is 1.90. The molecule has 1 unspecified atom stereocenters. The lowest BCUT2D eigenvalue weighted by Gasteiger charge is -2.20. The normalized spacial score (nSPS) is 17.8. The molecule has 1 saturated heterocycles. The Labute approximate surface area is 122 Å². The molecular weight excluding hydrogens is 250 g/mol. The van der Waals surface area contributed by atoms with E-state index >= 15 is 0 Å². The van der Waals surface area contributed by atoms with Crippen LogP contribution in [0.4, 0.5) is 0 Å². The molecule has 2 rings (SSSR count). The minimum Gasteiger partial charge on any atom is -0.345 e. The van der Waals surface area contributed by atoms with Gasteiger partial charge in [0.05, 0.1) is 0 Å². The fourth-order valence-electron chi connectivity index (χ4n) is 2.81. The van der Waals surface area contributed by atoms with E-state index in [9.17, 15) is 4.79 Å². The zero-order valence-corrected chi connectivity index (χ0v) is 12.8. The lowest BCUT2D eigenvalue weighted by Crippen LogP contribution is -2.34. The fraction of sp³-hybridized carbons (Fsp3) is 0.688. The average molecular weight is 277 g/mol. The topological polar surface area (TPSA) is 37.3 Å². The van der Waals surface area contributed by atoms with E-state index in [2.05, 4.69) is 31.4 Å². The molecule has 0 aliphatic carbocycles. The van der Waals surface area contributed by atoms with Crippen molar-refractivity contribution in [1.82, 2.24) is 14.8 Å². The van der Waals surface area contributed by atoms with Gasteiger partial charge in [0, 0.05) is 31.5 Å². The van der Waals surface area contributed by atoms with E-state index < -0.39 is 0 Å². The highest BCUT2D eigenvalue weighted by Crippen LogP contribution is 2.14. The number of hydrogen-bond donors (Lipinski definition) is 1. The van der Waals surface area contributed by atoms with Crippen molar-refractivity contribution in [3.8, 4) is 0 Å². The number of rotatable bonds is 5. The second kappa shape index (κ2) is 7.48. The van der Waals surface area contributed by atoms with Gasteiger partial charge in [-0.2, -0.15) is 0 Å². The minimum atomic E-state index is 0.255. The van der Waals surface area contributed by atoms with E-state index in [0.29, 0.717) is 12.6 Å². The molecule has 0 saturated carbocycles. The molecule has 1 atom stereocenters. The van der Waals surface area contributed by atoms with Gasteiger partial charge in [0.25, 0.3) is 0 Å². The molecule has 20 heavy (non-hydrogen) atoms. The summed E-state index contributed by atoms with van der Waals surface area (Å²) in [6.45, 7) is 7.55. The van der Waals surface area contributed by atoms with Gasteiger partial charge >= 0.3 is 0 Å². The van der Waals surface area contributed by atoms with E-state index in [1.54, 1.807) is 0 Å². The third-order valence-electron chi connectivity index (χ3n) is 4.06. The highest BCUT2D eigenvalue weighted by molar-refractivity contribution is 5.76. The molecular formula is C16H27N3O. The van der Waals surface area contributed by atoms with Crippen molar-refractivity contribution in [2.45, 2.75) is 52.1 Å². The number of nitrogens with one attached hydrogen (secondary N) is 1. The van der Waals surface area contributed by atoms with Crippen LogP contribution >= 0.6 is 0 Å². The summed E-state index contributed by atoms with van der Waals surface area (Å²) in [5, 5.41) is 3.39. The van der Waals surface area contributed by atoms with E-state index in [1.807, 2.05) is 15.7 Å². The molecule has 1 aromatic heterocycles. The number of nitrogens with zero attached hydrogens (tertiary/aromatic N) is 2. The summed E-state index contributed by atoms with van der Waals surface area (Å²) in [5.74, 6) is 0.255. The Morgan fingerprint density at radius 3 is 2.65 bits per heavy atom. The zero-order valence-electron chi connectivity index (χ0n) is 12.8. The van der Waals surface area contributed by atoms with Crippen molar-refractivity contribution < 1.29 is 4.79 Å². The van der Waals surface area contributed by atoms with Crippen molar-refractivity contribution >= 4 is 5.91 Å². The second-order valence-electron chi connectivity index (χ2n) is 5.69. The van der Waals surface area contributed by atoms with Gasteiger partial charge in [-0.1, -0.05) is 19.8 Å². The predicted octanol–water partition coefficient (Wildman–Crippen LogP) is 2.56. The summed E-state index contributed by atoms with van der Waals surface area (Å²) in [5.41, 5.74) is 1.25. The van der Waals surface area contributed by atoms with Crippen LogP contribution in [0.5, 0.6) is 0 Å². The van der Waals surface area contributed by atoms with Gasteiger partial charge in [-0.3, -0.25) is 4.79 Å². The number of carbonyl (C=O) groups excluding carboxylic acids is 1. The van der Waals surface area contributed by atoms with Gasteiger partial charge in [0.15, 0.2) is 0 Å². The molecule has 1 amide bonds. The molecule has 0 radical (unpaired) electrons. The Bertz CT molecular complexity index is 419. The molecule has 1 N–H and O–H groups in total. The Morgan fingerprint density at radius 1 is 1.30 bits per heavy atom. The second-order valence-corrected chi connectivity index (χ2v) is 5.69. The summed E-state index contributed by atoms with van der Waals surface area (Å²) in [4.78, 5) is 14.3. The van der Waals surface area contributed by atoms with Gasteiger partial charge < -0.3 is 14.8 Å². The average Bonchev–Trinajstić information content (AvgIpc) is 2.73. The lowest BCUT2D eigenvalue weighted by atomic mass is 10.2. The minimum absolute atomic E-state index is 0.255. The van der Waals surface area contributed by atoms with Gasteiger partial charge in [-0.15, -0.1) is 0 Å². The Kier molecular flexibility index (Phi) is 5.65. The Morgan fingerprint density at radius 2 is 2.00 bits per heavy atom. The first kappa shape index (κ1) is 15.1. The van der Waals surface area contributed by atoms with Crippen molar-refractivity contribution in [3.63, 3.8) is 0 Å². The fourth-order valence-corrected chi connectivity index (χ4v) is 2.81. The van der Waals surface area contributed by atoms with Crippen molar-refractivity contribution in [3.05, 3.63) is 24.0 Å². The van der Waals surface area contributed by atoms with Crippen molar-refractivity contribution in [2.75, 3.05) is 19.6 Å². The summed E-state index contributed by atoms with van der Waals surface area (Å²) in [6, 6.07) is 2.44. The number of hydrogen-bond acceptors (Lipinski definition) is 2. The highest BCUT2D eigenvalue weighted by atomic mass is 16.2. The quantitative estimate of drug-likeness (QED) is 0.898. The molecule has 4 nitrogen and oxygen atoms in total. The van der Waals surface area contributed by atoms with Crippen LogP contribution in [0.3, 0.4) is 0 Å². The summed E-state index contributed by atoms with van der Waals surface area (Å²) in [6.07, 6.45) is 8.93. The van der Waals surface area contributed by atoms with Gasteiger partial charge in [0.1, 0.15) is 6.54 Å². The van der Waals surface area contributed by atoms with E-state index in [4.69, 9.17) is 0 Å². The smallest absolute Gasteiger partial charge is 0.242 e. The largest absolute Gasteiger partial charge is 0.345 e. The van der Waals surface area contributed by atoms with E-state index in [-0.39, 0.29) is 5.91 Å². The number of amides is 1. The third-order valence-corrected chi connectivity index (χ3v) is 4.06. The molecule has 0 aromatic carbocycles. The summed E-state index contributed by atoms with van der Waals surface area (Å²) < 4.78 is 2.01. The highest BCUT2D eigenvalue weighted by Gasteiger charge is 2.16. The van der Waals surface area contributed by atoms with Gasteiger partial charge in [0.2, 0.25) is 5.91 Å². The zero-order chi connectivity index (χ0) is 14.4. The summed E-state index contributed by atoms with van der Waals surface area (Å²) in [7, 11) is 0. The molecule has 2 heterocycles. The molecule has 1 aromatic rings. The third kappa shape index (κ3) is 4.10. The molecule has 0 bridgehead atoms. The Hall–Kier alpha value is -1.29. The molecule has 1 aliphatic rings. The molecule has 1 aliphatic heterocycles. The first-order chi connectivity index (χ1) is 9.70. The first-order valence-corrected chi connectivity index (χ1v) is 7.87. The molecule has 0 spiro atoms. The lowest BCUT2D eigenvalue weighted by molar-refractivity contribution is -0.131. The maximum Gasteiger partial charge on any atom is 0.242 e. The van der Waals surface area contributed by atoms with Crippen LogP contribution in [0.15, 0.2) is 18.5 Å². The number of aromatic nitrogens is 1. The van der Waals surface area contributed by atoms with Crippen LogP contribution < -0.4 is 5.32 Å². The van der Waals surface area contributed by atoms with Crippen molar-refractivity contribution in [2.24, 2.45) is 0 Å². The maximum absolute atomic E-state index is 12.3. The van der Waals surface area contributed by atoms with Crippen LogP contribution in [0.1, 0.15) is 51.1 Å². The van der Waals surface area contributed by atoms with Crippen LogP contribution in [0, 0.1) is 0 Å². The van der Waals surface area contributed by atoms with Crippen LogP contribution in [-0.4, -0.2) is 35.0 Å². The molecule has 4 heteroatoms. The van der Waals surface area contributed by atoms with Gasteiger partial charge in [-0.25, -0.2) is 0 Å². The van der Waals surface area contributed by atoms with E-state index in [1.165, 1.54) is 18.4 Å². The van der Waals surface area contributed by atoms with Gasteiger partial charge in [-0.05, 0) is 37.9 Å². The number of likely N-dealkylation sites (tertiary alicyclic amines) is 1. The number of carbonyl (C=O) groups is 1. The molecule has 112 valence electrons. The maximum atomic E-state index is 12.3. The van der Waals surface area contributed by atoms with Crippen LogP contribution in [-0.2, 0) is 11.3 Å². The van der Waals surface area contributed by atoms with E-state index in [0.717, 1.165) is 32.5 Å². The standard InChI is InChI=1S/C16H27N3O/c1-3-17-14(2)15-8-11-18(12-15)13-16(20)19-9-6-4-5-7-10-19/h8,11-12,14,17H,3-7,9-10,13H2,1-2H3. The first-order valence-electron chi connectivity index (χ1n) is 7.87. The van der Waals surface area contributed by atoms with Crippen LogP contribution in [0.25, 0.3) is 0 Å². The van der Waals surface area contributed by atoms with Crippen molar-refractivity contribution in [1.29, 1.82) is 0 Å². The predicted molar refractivity (Wildman–Crippen MR) is 81.6 cm³/mol.